The molecule has 0 aliphatic heterocycles. The number of benzene rings is 1. The van der Waals surface area contributed by atoms with Crippen LogP contribution in [0.1, 0.15) is 28.3 Å². The van der Waals surface area contributed by atoms with Crippen molar-refractivity contribution in [2.24, 2.45) is 0 Å². The predicted molar refractivity (Wildman–Crippen MR) is 105 cm³/mol. The number of thiazole rings is 1. The first-order chi connectivity index (χ1) is 13.1. The molecule has 0 aliphatic rings. The molecule has 3 rings (SSSR count). The highest BCUT2D eigenvalue weighted by molar-refractivity contribution is 7.13. The Kier molecular flexibility index (Phi) is 6.20. The summed E-state index contributed by atoms with van der Waals surface area (Å²) in [5.74, 6) is -0.225. The molecule has 1 aromatic carbocycles. The molecule has 0 fully saturated rings. The van der Waals surface area contributed by atoms with Gasteiger partial charge < -0.3 is 14.8 Å². The van der Waals surface area contributed by atoms with Gasteiger partial charge in [-0.3, -0.25) is 4.79 Å². The van der Waals surface area contributed by atoms with Gasteiger partial charge in [0, 0.05) is 15.8 Å². The summed E-state index contributed by atoms with van der Waals surface area (Å²) < 4.78 is 10.2. The number of aromatic nitrogens is 1. The topological polar surface area (TPSA) is 77.5 Å². The second kappa shape index (κ2) is 8.79. The number of ether oxygens (including phenoxy) is 2. The Hall–Kier alpha value is -2.71. The Bertz CT molecular complexity index is 904. The molecule has 2 aromatic heterocycles. The summed E-state index contributed by atoms with van der Waals surface area (Å²) in [5, 5.41) is 7.05. The minimum atomic E-state index is -0.620. The van der Waals surface area contributed by atoms with Crippen molar-refractivity contribution in [3.05, 3.63) is 57.7 Å². The van der Waals surface area contributed by atoms with Gasteiger partial charge in [-0.15, -0.1) is 22.7 Å². The molecule has 2 heterocycles. The van der Waals surface area contributed by atoms with Crippen LogP contribution in [0.15, 0.2) is 47.2 Å². The van der Waals surface area contributed by atoms with Gasteiger partial charge in [0.25, 0.3) is 5.91 Å². The monoisotopic (exact) mass is 402 g/mol. The van der Waals surface area contributed by atoms with E-state index in [0.29, 0.717) is 5.01 Å². The predicted octanol–water partition coefficient (Wildman–Crippen LogP) is 3.91. The normalized spacial score (nSPS) is 11.6. The number of amides is 1. The third kappa shape index (κ3) is 4.93. The minimum Gasteiger partial charge on any atom is -0.497 e. The van der Waals surface area contributed by atoms with Crippen LogP contribution in [0.3, 0.4) is 0 Å². The average molecular weight is 402 g/mol. The summed E-state index contributed by atoms with van der Waals surface area (Å²) in [6, 6.07) is 11.1. The molecule has 0 saturated heterocycles. The maximum Gasteiger partial charge on any atom is 0.358 e. The van der Waals surface area contributed by atoms with Gasteiger partial charge in [0.05, 0.1) is 13.2 Å². The Morgan fingerprint density at radius 2 is 1.96 bits per heavy atom. The molecule has 8 heteroatoms. The van der Waals surface area contributed by atoms with Crippen LogP contribution < -0.4 is 10.1 Å². The molecule has 3 aromatic rings. The number of carbonyl (C=O) groups is 2. The molecule has 140 valence electrons. The van der Waals surface area contributed by atoms with Gasteiger partial charge in [-0.2, -0.15) is 0 Å². The lowest BCUT2D eigenvalue weighted by atomic mass is 10.2. The minimum absolute atomic E-state index is 0.128. The molecule has 0 bridgehead atoms. The van der Waals surface area contributed by atoms with Gasteiger partial charge in [0.1, 0.15) is 10.8 Å². The first-order valence-corrected chi connectivity index (χ1v) is 9.92. The van der Waals surface area contributed by atoms with E-state index in [0.717, 1.165) is 16.2 Å². The highest BCUT2D eigenvalue weighted by atomic mass is 32.1. The van der Waals surface area contributed by atoms with Crippen LogP contribution in [-0.2, 0) is 9.53 Å². The second-order valence-corrected chi connectivity index (χ2v) is 7.48. The van der Waals surface area contributed by atoms with E-state index in [1.54, 1.807) is 23.8 Å². The van der Waals surface area contributed by atoms with Crippen LogP contribution in [0.25, 0.3) is 10.6 Å². The number of carbonyl (C=O) groups excluding carboxylic acids is 2. The second-order valence-electron chi connectivity index (χ2n) is 5.65. The fraction of sp³-hybridized carbons (Fsp3) is 0.211. The largest absolute Gasteiger partial charge is 0.497 e. The Balaban J connectivity index is 1.53. The Morgan fingerprint density at radius 3 is 2.63 bits per heavy atom. The van der Waals surface area contributed by atoms with Crippen molar-refractivity contribution in [1.82, 2.24) is 10.3 Å². The van der Waals surface area contributed by atoms with Crippen molar-refractivity contribution in [3.63, 3.8) is 0 Å². The standard InChI is InChI=1S/C19H18N2O4S2/c1-12(16-4-3-9-26-16)20-17(22)10-25-19(23)15-11-27-18(21-15)13-5-7-14(24-2)8-6-13/h3-9,11-12H,10H2,1-2H3,(H,20,22)/t12-/m0/s1. The van der Waals surface area contributed by atoms with Gasteiger partial charge >= 0.3 is 5.97 Å². The lowest BCUT2D eigenvalue weighted by molar-refractivity contribution is -0.124. The van der Waals surface area contributed by atoms with Crippen molar-refractivity contribution in [2.45, 2.75) is 13.0 Å². The lowest BCUT2D eigenvalue weighted by Crippen LogP contribution is -2.30. The summed E-state index contributed by atoms with van der Waals surface area (Å²) in [7, 11) is 1.60. The quantitative estimate of drug-likeness (QED) is 0.606. The van der Waals surface area contributed by atoms with Crippen molar-refractivity contribution in [1.29, 1.82) is 0 Å². The molecule has 1 atom stereocenters. The molecule has 0 spiro atoms. The molecule has 0 unspecified atom stereocenters. The van der Waals surface area contributed by atoms with Crippen LogP contribution in [0.5, 0.6) is 5.75 Å². The molecule has 1 amide bonds. The maximum atomic E-state index is 12.1. The summed E-state index contributed by atoms with van der Waals surface area (Å²) in [6.45, 7) is 1.54. The summed E-state index contributed by atoms with van der Waals surface area (Å²) in [5.41, 5.74) is 1.06. The summed E-state index contributed by atoms with van der Waals surface area (Å²) in [4.78, 5) is 29.4. The number of rotatable bonds is 7. The van der Waals surface area contributed by atoms with Crippen molar-refractivity contribution in [3.8, 4) is 16.3 Å². The van der Waals surface area contributed by atoms with Gasteiger partial charge in [-0.1, -0.05) is 6.07 Å². The van der Waals surface area contributed by atoms with E-state index in [4.69, 9.17) is 9.47 Å². The van der Waals surface area contributed by atoms with E-state index in [2.05, 4.69) is 10.3 Å². The molecule has 1 N–H and O–H groups in total. The number of esters is 1. The molecule has 6 nitrogen and oxygen atoms in total. The first-order valence-electron chi connectivity index (χ1n) is 8.16. The van der Waals surface area contributed by atoms with Crippen LogP contribution in [0, 0.1) is 0 Å². The van der Waals surface area contributed by atoms with Crippen LogP contribution in [-0.4, -0.2) is 30.6 Å². The Morgan fingerprint density at radius 1 is 1.19 bits per heavy atom. The molecule has 27 heavy (non-hydrogen) atoms. The first kappa shape index (κ1) is 19.1. The number of hydrogen-bond acceptors (Lipinski definition) is 7. The molecule has 0 radical (unpaired) electrons. The number of thiophene rings is 1. The SMILES string of the molecule is COc1ccc(-c2nc(C(=O)OCC(=O)N[C@@H](C)c3cccs3)cs2)cc1. The average Bonchev–Trinajstić information content (AvgIpc) is 3.38. The van der Waals surface area contributed by atoms with Crippen LogP contribution >= 0.6 is 22.7 Å². The number of hydrogen-bond donors (Lipinski definition) is 1. The van der Waals surface area contributed by atoms with Gasteiger partial charge in [-0.05, 0) is 42.6 Å². The zero-order chi connectivity index (χ0) is 19.2. The fourth-order valence-corrected chi connectivity index (χ4v) is 3.86. The third-order valence-corrected chi connectivity index (χ3v) is 5.68. The highest BCUT2D eigenvalue weighted by Gasteiger charge is 2.16. The fourth-order valence-electron chi connectivity index (χ4n) is 2.33. The van der Waals surface area contributed by atoms with E-state index in [9.17, 15) is 9.59 Å². The van der Waals surface area contributed by atoms with E-state index >= 15 is 0 Å². The van der Waals surface area contributed by atoms with Gasteiger partial charge in [0.15, 0.2) is 12.3 Å². The van der Waals surface area contributed by atoms with Crippen molar-refractivity contribution in [2.75, 3.05) is 13.7 Å². The third-order valence-electron chi connectivity index (χ3n) is 3.73. The Labute approximate surface area is 164 Å². The lowest BCUT2D eigenvalue weighted by Gasteiger charge is -2.11. The summed E-state index contributed by atoms with van der Waals surface area (Å²) in [6.07, 6.45) is 0. The zero-order valence-electron chi connectivity index (χ0n) is 14.8. The smallest absolute Gasteiger partial charge is 0.358 e. The van der Waals surface area contributed by atoms with E-state index in [-0.39, 0.29) is 24.2 Å². The molecule has 0 aliphatic carbocycles. The number of methoxy groups -OCH3 is 1. The van der Waals surface area contributed by atoms with E-state index < -0.39 is 5.97 Å². The van der Waals surface area contributed by atoms with Crippen LogP contribution in [0.2, 0.25) is 0 Å². The number of nitrogens with zero attached hydrogens (tertiary/aromatic N) is 1. The van der Waals surface area contributed by atoms with E-state index in [1.165, 1.54) is 11.3 Å². The maximum absolute atomic E-state index is 12.1. The molecular formula is C19H18N2O4S2. The van der Waals surface area contributed by atoms with Crippen LogP contribution in [0.4, 0.5) is 0 Å². The zero-order valence-corrected chi connectivity index (χ0v) is 16.4. The van der Waals surface area contributed by atoms with E-state index in [1.807, 2.05) is 48.7 Å². The van der Waals surface area contributed by atoms with Crippen molar-refractivity contribution < 1.29 is 19.1 Å². The number of nitrogens with one attached hydrogen (secondary N) is 1. The molecule has 0 saturated carbocycles. The molecular weight excluding hydrogens is 384 g/mol. The summed E-state index contributed by atoms with van der Waals surface area (Å²) >= 11 is 2.89. The van der Waals surface area contributed by atoms with Gasteiger partial charge in [-0.25, -0.2) is 9.78 Å². The van der Waals surface area contributed by atoms with Gasteiger partial charge in [0.2, 0.25) is 0 Å². The van der Waals surface area contributed by atoms with Crippen molar-refractivity contribution >= 4 is 34.6 Å². The highest BCUT2D eigenvalue weighted by Crippen LogP contribution is 2.26.